The van der Waals surface area contributed by atoms with E-state index in [0.29, 0.717) is 13.0 Å². The number of hydrogen-bond donors (Lipinski definition) is 0. The molecular formula is C22H28NO3P. The van der Waals surface area contributed by atoms with Gasteiger partial charge in [-0.05, 0) is 40.0 Å². The number of benzene rings is 2. The highest BCUT2D eigenvalue weighted by molar-refractivity contribution is 7.79. The second kappa shape index (κ2) is 7.90. The van der Waals surface area contributed by atoms with E-state index in [1.807, 2.05) is 81.4 Å². The average Bonchev–Trinajstić information content (AvgIpc) is 2.67. The largest absolute Gasteiger partial charge is 0.444 e. The maximum Gasteiger partial charge on any atom is 0.410 e. The standard InChI is InChI=1S/C22H28NO3P/c1-22(2,3)26-21(24)23-17-11-10-16-20(23)27(25,18-12-6-4-7-13-18)19-14-8-5-9-15-19/h4-9,12-15,20H,10-11,16-17H2,1-3H3. The molecule has 2 aromatic carbocycles. The average molecular weight is 385 g/mol. The van der Waals surface area contributed by atoms with Crippen molar-refractivity contribution in [1.82, 2.24) is 4.90 Å². The number of ether oxygens (including phenoxy) is 1. The van der Waals surface area contributed by atoms with E-state index >= 15 is 0 Å². The minimum atomic E-state index is -3.05. The molecule has 1 fully saturated rings. The van der Waals surface area contributed by atoms with Gasteiger partial charge in [-0.15, -0.1) is 0 Å². The number of piperidine rings is 1. The van der Waals surface area contributed by atoms with Gasteiger partial charge < -0.3 is 9.30 Å². The second-order valence-corrected chi connectivity index (χ2v) is 10.9. The molecule has 27 heavy (non-hydrogen) atoms. The highest BCUT2D eigenvalue weighted by atomic mass is 31.2. The Hall–Kier alpha value is -2.06. The highest BCUT2D eigenvalue weighted by Gasteiger charge is 2.44. The smallest absolute Gasteiger partial charge is 0.410 e. The van der Waals surface area contributed by atoms with Crippen molar-refractivity contribution in [3.8, 4) is 0 Å². The summed E-state index contributed by atoms with van der Waals surface area (Å²) in [5.74, 6) is -0.383. The molecule has 1 heterocycles. The molecule has 0 saturated carbocycles. The zero-order chi connectivity index (χ0) is 19.5. The fourth-order valence-electron chi connectivity index (χ4n) is 3.62. The van der Waals surface area contributed by atoms with E-state index in [1.54, 1.807) is 4.90 Å². The molecule has 0 spiro atoms. The number of amides is 1. The molecule has 0 aromatic heterocycles. The molecule has 4 nitrogen and oxygen atoms in total. The first-order chi connectivity index (χ1) is 12.8. The molecule has 1 aliphatic heterocycles. The maximum atomic E-state index is 14.6. The molecule has 1 aliphatic rings. The van der Waals surface area contributed by atoms with Crippen LogP contribution in [-0.2, 0) is 9.30 Å². The second-order valence-electron chi connectivity index (χ2n) is 7.98. The number of carbonyl (C=O) groups excluding carboxylic acids is 1. The SMILES string of the molecule is CC(C)(C)OC(=O)N1CCCCC1P(=O)(c1ccccc1)c1ccccc1. The maximum absolute atomic E-state index is 14.6. The lowest BCUT2D eigenvalue weighted by molar-refractivity contribution is 0.0177. The predicted octanol–water partition coefficient (Wildman–Crippen LogP) is 4.75. The third-order valence-electron chi connectivity index (χ3n) is 4.80. The van der Waals surface area contributed by atoms with Crippen LogP contribution in [0.4, 0.5) is 4.79 Å². The zero-order valence-electron chi connectivity index (χ0n) is 16.3. The normalized spacial score (nSPS) is 18.2. The number of hydrogen-bond acceptors (Lipinski definition) is 3. The minimum Gasteiger partial charge on any atom is -0.444 e. The van der Waals surface area contributed by atoms with Gasteiger partial charge in [-0.1, -0.05) is 60.7 Å². The van der Waals surface area contributed by atoms with Crippen LogP contribution in [0.25, 0.3) is 0 Å². The van der Waals surface area contributed by atoms with Gasteiger partial charge in [0.25, 0.3) is 0 Å². The Labute approximate surface area is 161 Å². The summed E-state index contributed by atoms with van der Waals surface area (Å²) in [6.07, 6.45) is 2.19. The van der Waals surface area contributed by atoms with Gasteiger partial charge in [-0.2, -0.15) is 0 Å². The monoisotopic (exact) mass is 385 g/mol. The Morgan fingerprint density at radius 2 is 1.48 bits per heavy atom. The molecule has 2 aromatic rings. The third kappa shape index (κ3) is 4.27. The molecule has 0 aliphatic carbocycles. The van der Waals surface area contributed by atoms with Gasteiger partial charge in [-0.25, -0.2) is 4.79 Å². The predicted molar refractivity (Wildman–Crippen MR) is 110 cm³/mol. The van der Waals surface area contributed by atoms with E-state index in [1.165, 1.54) is 0 Å². The molecule has 1 atom stereocenters. The van der Waals surface area contributed by atoms with Crippen LogP contribution in [0, 0.1) is 0 Å². The van der Waals surface area contributed by atoms with Gasteiger partial charge in [0.15, 0.2) is 7.14 Å². The van der Waals surface area contributed by atoms with Crippen molar-refractivity contribution >= 4 is 23.8 Å². The summed E-state index contributed by atoms with van der Waals surface area (Å²) in [5, 5.41) is 1.58. The summed E-state index contributed by atoms with van der Waals surface area (Å²) in [6, 6.07) is 19.1. The first-order valence-corrected chi connectivity index (χ1v) is 11.3. The summed E-state index contributed by atoms with van der Waals surface area (Å²) < 4.78 is 20.2. The van der Waals surface area contributed by atoms with Gasteiger partial charge >= 0.3 is 6.09 Å². The van der Waals surface area contributed by atoms with Crippen molar-refractivity contribution < 1.29 is 14.1 Å². The molecule has 0 bridgehead atoms. The number of rotatable bonds is 3. The van der Waals surface area contributed by atoms with E-state index in [2.05, 4.69) is 0 Å². The Kier molecular flexibility index (Phi) is 5.76. The summed E-state index contributed by atoms with van der Waals surface area (Å²) in [7, 11) is -3.05. The molecule has 1 unspecified atom stereocenters. The fraction of sp³-hybridized carbons (Fsp3) is 0.409. The molecule has 5 heteroatoms. The van der Waals surface area contributed by atoms with E-state index in [-0.39, 0.29) is 11.9 Å². The van der Waals surface area contributed by atoms with Crippen LogP contribution in [0.1, 0.15) is 40.0 Å². The van der Waals surface area contributed by atoms with Crippen LogP contribution in [0.3, 0.4) is 0 Å². The van der Waals surface area contributed by atoms with Crippen molar-refractivity contribution in [2.24, 2.45) is 0 Å². The van der Waals surface area contributed by atoms with E-state index in [9.17, 15) is 9.36 Å². The van der Waals surface area contributed by atoms with Crippen molar-refractivity contribution in [2.45, 2.75) is 51.4 Å². The summed E-state index contributed by atoms with van der Waals surface area (Å²) in [5.41, 5.74) is -0.581. The van der Waals surface area contributed by atoms with Crippen LogP contribution < -0.4 is 10.6 Å². The van der Waals surface area contributed by atoms with Crippen molar-refractivity contribution in [3.63, 3.8) is 0 Å². The quantitative estimate of drug-likeness (QED) is 0.717. The number of nitrogens with zero attached hydrogens (tertiary/aromatic N) is 1. The van der Waals surface area contributed by atoms with Crippen molar-refractivity contribution in [2.75, 3.05) is 6.54 Å². The van der Waals surface area contributed by atoms with E-state index in [0.717, 1.165) is 23.5 Å². The minimum absolute atomic E-state index is 0.376. The van der Waals surface area contributed by atoms with Gasteiger partial charge in [-0.3, -0.25) is 4.90 Å². The lowest BCUT2D eigenvalue weighted by Gasteiger charge is -2.41. The van der Waals surface area contributed by atoms with Crippen molar-refractivity contribution in [1.29, 1.82) is 0 Å². The number of carbonyl (C=O) groups is 1. The summed E-state index contributed by atoms with van der Waals surface area (Å²) in [6.45, 7) is 6.15. The van der Waals surface area contributed by atoms with E-state index in [4.69, 9.17) is 4.74 Å². The first-order valence-electron chi connectivity index (χ1n) is 9.53. The molecule has 0 N–H and O–H groups in total. The Morgan fingerprint density at radius 3 is 1.96 bits per heavy atom. The third-order valence-corrected chi connectivity index (χ3v) is 8.31. The highest BCUT2D eigenvalue weighted by Crippen LogP contribution is 2.53. The molecule has 144 valence electrons. The summed E-state index contributed by atoms with van der Waals surface area (Å²) in [4.78, 5) is 14.6. The number of likely N-dealkylation sites (tertiary alicyclic amines) is 1. The molecule has 3 rings (SSSR count). The van der Waals surface area contributed by atoms with Gasteiger partial charge in [0.05, 0.1) is 5.78 Å². The van der Waals surface area contributed by atoms with Crippen LogP contribution in [-0.4, -0.2) is 28.9 Å². The molecule has 1 saturated heterocycles. The van der Waals surface area contributed by atoms with Crippen LogP contribution >= 0.6 is 7.14 Å². The van der Waals surface area contributed by atoms with E-state index < -0.39 is 12.7 Å². The molecule has 1 amide bonds. The van der Waals surface area contributed by atoms with Gasteiger partial charge in [0.2, 0.25) is 0 Å². The zero-order valence-corrected chi connectivity index (χ0v) is 17.2. The first kappa shape index (κ1) is 19.7. The van der Waals surface area contributed by atoms with Gasteiger partial charge in [0, 0.05) is 17.2 Å². The lowest BCUT2D eigenvalue weighted by atomic mass is 10.1. The van der Waals surface area contributed by atoms with Crippen LogP contribution in [0.5, 0.6) is 0 Å². The Morgan fingerprint density at radius 1 is 0.963 bits per heavy atom. The van der Waals surface area contributed by atoms with Gasteiger partial charge in [0.1, 0.15) is 5.60 Å². The topological polar surface area (TPSA) is 46.6 Å². The molecular weight excluding hydrogens is 357 g/mol. The molecule has 0 radical (unpaired) electrons. The Balaban J connectivity index is 2.07. The lowest BCUT2D eigenvalue weighted by Crippen LogP contribution is -2.48. The Bertz CT molecular complexity index is 771. The van der Waals surface area contributed by atoms with Crippen molar-refractivity contribution in [3.05, 3.63) is 60.7 Å². The fourth-order valence-corrected chi connectivity index (χ4v) is 6.98. The van der Waals surface area contributed by atoms with Crippen LogP contribution in [0.2, 0.25) is 0 Å². The van der Waals surface area contributed by atoms with Crippen LogP contribution in [0.15, 0.2) is 60.7 Å². The summed E-state index contributed by atoms with van der Waals surface area (Å²) >= 11 is 0.